The molecule has 3 rings (SSSR count). The molecule has 2 aromatic rings. The number of methoxy groups -OCH3 is 1. The van der Waals surface area contributed by atoms with Crippen molar-refractivity contribution in [1.82, 2.24) is 0 Å². The summed E-state index contributed by atoms with van der Waals surface area (Å²) in [4.78, 5) is 29.1. The molecule has 0 aliphatic carbocycles. The van der Waals surface area contributed by atoms with Gasteiger partial charge in [-0.15, -0.1) is 0 Å². The third-order valence-corrected chi connectivity index (χ3v) is 4.02. The van der Waals surface area contributed by atoms with Gasteiger partial charge in [-0.3, -0.25) is 4.79 Å². The highest BCUT2D eigenvalue weighted by Gasteiger charge is 2.29. The van der Waals surface area contributed by atoms with Crippen molar-refractivity contribution in [3.05, 3.63) is 65.0 Å². The van der Waals surface area contributed by atoms with E-state index in [1.54, 1.807) is 37.3 Å². The number of hydrogen-bond acceptors (Lipinski definition) is 5. The lowest BCUT2D eigenvalue weighted by molar-refractivity contribution is -0.125. The van der Waals surface area contributed by atoms with E-state index in [4.69, 9.17) is 4.84 Å². The molecule has 1 aliphatic rings. The van der Waals surface area contributed by atoms with E-state index < -0.39 is 12.1 Å². The zero-order chi connectivity index (χ0) is 18.7. The molecule has 0 fully saturated rings. The van der Waals surface area contributed by atoms with Gasteiger partial charge in [-0.25, -0.2) is 9.18 Å². The molecule has 2 aromatic carbocycles. The Labute approximate surface area is 149 Å². The number of ether oxygens (including phenoxy) is 1. The third kappa shape index (κ3) is 3.72. The summed E-state index contributed by atoms with van der Waals surface area (Å²) >= 11 is 0. The Balaban J connectivity index is 1.66. The molecule has 0 bridgehead atoms. The van der Waals surface area contributed by atoms with Gasteiger partial charge < -0.3 is 14.9 Å². The number of carbonyl (C=O) groups excluding carboxylic acids is 2. The number of aryl methyl sites for hydroxylation is 1. The second kappa shape index (κ2) is 7.35. The molecule has 0 saturated carbocycles. The predicted octanol–water partition coefficient (Wildman–Crippen LogP) is 3.05. The molecule has 1 N–H and O–H groups in total. The second-order valence-electron chi connectivity index (χ2n) is 5.86. The summed E-state index contributed by atoms with van der Waals surface area (Å²) in [5.41, 5.74) is 2.77. The van der Waals surface area contributed by atoms with Crippen LogP contribution in [0.4, 0.5) is 10.1 Å². The van der Waals surface area contributed by atoms with Gasteiger partial charge in [-0.2, -0.15) is 0 Å². The topological polar surface area (TPSA) is 77.0 Å². The minimum absolute atomic E-state index is 0.245. The van der Waals surface area contributed by atoms with E-state index in [1.807, 2.05) is 0 Å². The number of esters is 1. The first kappa shape index (κ1) is 17.6. The molecule has 1 atom stereocenters. The number of carbonyl (C=O) groups is 2. The molecule has 0 aromatic heterocycles. The van der Waals surface area contributed by atoms with Crippen LogP contribution < -0.4 is 5.32 Å². The molecule has 1 amide bonds. The molecule has 0 radical (unpaired) electrons. The highest BCUT2D eigenvalue weighted by molar-refractivity contribution is 6.06. The lowest BCUT2D eigenvalue weighted by Gasteiger charge is -2.12. The van der Waals surface area contributed by atoms with Gasteiger partial charge in [0.15, 0.2) is 0 Å². The van der Waals surface area contributed by atoms with Crippen LogP contribution in [0.3, 0.4) is 0 Å². The normalized spacial score (nSPS) is 15.8. The van der Waals surface area contributed by atoms with E-state index in [0.717, 1.165) is 0 Å². The first-order chi connectivity index (χ1) is 12.5. The fourth-order valence-corrected chi connectivity index (χ4v) is 2.62. The second-order valence-corrected chi connectivity index (χ2v) is 5.86. The van der Waals surface area contributed by atoms with Gasteiger partial charge in [0, 0.05) is 17.7 Å². The maximum absolute atomic E-state index is 13.3. The molecule has 26 heavy (non-hydrogen) atoms. The Morgan fingerprint density at radius 2 is 2.08 bits per heavy atom. The van der Waals surface area contributed by atoms with Gasteiger partial charge in [0.2, 0.25) is 6.10 Å². The minimum atomic E-state index is -0.798. The number of benzene rings is 2. The molecular formula is C19H17FN2O4. The molecule has 0 spiro atoms. The van der Waals surface area contributed by atoms with Gasteiger partial charge in [0.25, 0.3) is 5.91 Å². The predicted molar refractivity (Wildman–Crippen MR) is 93.6 cm³/mol. The number of rotatable bonds is 4. The molecule has 1 heterocycles. The molecule has 1 unspecified atom stereocenters. The van der Waals surface area contributed by atoms with Crippen molar-refractivity contribution in [3.63, 3.8) is 0 Å². The van der Waals surface area contributed by atoms with Crippen molar-refractivity contribution in [2.45, 2.75) is 19.4 Å². The third-order valence-electron chi connectivity index (χ3n) is 4.02. The van der Waals surface area contributed by atoms with Crippen molar-refractivity contribution in [3.8, 4) is 0 Å². The van der Waals surface area contributed by atoms with Crippen LogP contribution in [-0.2, 0) is 14.4 Å². The van der Waals surface area contributed by atoms with Crippen molar-refractivity contribution in [2.24, 2.45) is 5.16 Å². The smallest absolute Gasteiger partial charge is 0.337 e. The monoisotopic (exact) mass is 356 g/mol. The van der Waals surface area contributed by atoms with Crippen LogP contribution in [0.2, 0.25) is 0 Å². The molecule has 6 nitrogen and oxygen atoms in total. The molecule has 1 aliphatic heterocycles. The molecular weight excluding hydrogens is 339 g/mol. The van der Waals surface area contributed by atoms with Gasteiger partial charge >= 0.3 is 5.97 Å². The number of amides is 1. The summed E-state index contributed by atoms with van der Waals surface area (Å²) in [5, 5.41) is 6.65. The maximum atomic E-state index is 13.3. The number of halogens is 1. The van der Waals surface area contributed by atoms with Crippen LogP contribution in [-0.4, -0.2) is 30.8 Å². The molecule has 134 valence electrons. The Hall–Kier alpha value is -3.22. The Morgan fingerprint density at radius 3 is 2.77 bits per heavy atom. The van der Waals surface area contributed by atoms with E-state index in [2.05, 4.69) is 15.2 Å². The van der Waals surface area contributed by atoms with Crippen LogP contribution in [0.15, 0.2) is 47.6 Å². The lowest BCUT2D eigenvalue weighted by Crippen LogP contribution is -2.28. The van der Waals surface area contributed by atoms with E-state index in [-0.39, 0.29) is 18.1 Å². The zero-order valence-electron chi connectivity index (χ0n) is 14.3. The Bertz CT molecular complexity index is 895. The minimum Gasteiger partial charge on any atom is -0.465 e. The van der Waals surface area contributed by atoms with Gasteiger partial charge in [0.1, 0.15) is 5.82 Å². The van der Waals surface area contributed by atoms with Gasteiger partial charge in [-0.05, 0) is 42.8 Å². The summed E-state index contributed by atoms with van der Waals surface area (Å²) in [6, 6.07) is 10.8. The fraction of sp³-hybridized carbons (Fsp3) is 0.211. The van der Waals surface area contributed by atoms with Crippen molar-refractivity contribution >= 4 is 23.3 Å². The summed E-state index contributed by atoms with van der Waals surface area (Å²) in [5.74, 6) is -1.19. The summed E-state index contributed by atoms with van der Waals surface area (Å²) in [7, 11) is 1.31. The summed E-state index contributed by atoms with van der Waals surface area (Å²) in [6.07, 6.45) is -0.554. The first-order valence-corrected chi connectivity index (χ1v) is 7.96. The number of oxime groups is 1. The highest BCUT2D eigenvalue weighted by Crippen LogP contribution is 2.21. The van der Waals surface area contributed by atoms with Gasteiger partial charge in [0.05, 0.1) is 18.4 Å². The van der Waals surface area contributed by atoms with E-state index in [1.165, 1.54) is 19.2 Å². The lowest BCUT2D eigenvalue weighted by atomic mass is 10.0. The van der Waals surface area contributed by atoms with Gasteiger partial charge in [-0.1, -0.05) is 17.3 Å². The Kier molecular flexibility index (Phi) is 4.97. The average molecular weight is 356 g/mol. The van der Waals surface area contributed by atoms with Crippen LogP contribution in [0.1, 0.15) is 27.9 Å². The molecule has 0 saturated heterocycles. The standard InChI is InChI=1S/C19H17FN2O4/c1-11-8-13(19(24)25-2)6-7-15(11)21-18(23)17-10-16(22-26-17)12-4-3-5-14(20)9-12/h3-9,17H,10H2,1-2H3,(H,21,23). The van der Waals surface area contributed by atoms with E-state index in [0.29, 0.717) is 28.1 Å². The van der Waals surface area contributed by atoms with E-state index >= 15 is 0 Å². The summed E-state index contributed by atoms with van der Waals surface area (Å²) in [6.45, 7) is 1.77. The Morgan fingerprint density at radius 1 is 1.27 bits per heavy atom. The zero-order valence-corrected chi connectivity index (χ0v) is 14.3. The SMILES string of the molecule is COC(=O)c1ccc(NC(=O)C2CC(c3cccc(F)c3)=NO2)c(C)c1. The fourth-order valence-electron chi connectivity index (χ4n) is 2.62. The largest absolute Gasteiger partial charge is 0.465 e. The average Bonchev–Trinajstić information content (AvgIpc) is 3.13. The van der Waals surface area contributed by atoms with Crippen LogP contribution in [0.5, 0.6) is 0 Å². The number of nitrogens with one attached hydrogen (secondary N) is 1. The maximum Gasteiger partial charge on any atom is 0.337 e. The van der Waals surface area contributed by atoms with Crippen LogP contribution >= 0.6 is 0 Å². The van der Waals surface area contributed by atoms with Crippen molar-refractivity contribution < 1.29 is 23.6 Å². The molecule has 7 heteroatoms. The number of anilines is 1. The van der Waals surface area contributed by atoms with E-state index in [9.17, 15) is 14.0 Å². The van der Waals surface area contributed by atoms with Crippen molar-refractivity contribution in [1.29, 1.82) is 0 Å². The van der Waals surface area contributed by atoms with Crippen LogP contribution in [0, 0.1) is 12.7 Å². The van der Waals surface area contributed by atoms with Crippen molar-refractivity contribution in [2.75, 3.05) is 12.4 Å². The number of nitrogens with zero attached hydrogens (tertiary/aromatic N) is 1. The number of hydrogen-bond donors (Lipinski definition) is 1. The summed E-state index contributed by atoms with van der Waals surface area (Å²) < 4.78 is 18.0. The first-order valence-electron chi connectivity index (χ1n) is 7.96. The quantitative estimate of drug-likeness (QED) is 0.854. The van der Waals surface area contributed by atoms with Crippen LogP contribution in [0.25, 0.3) is 0 Å². The highest BCUT2D eigenvalue weighted by atomic mass is 19.1.